The molecule has 0 saturated carbocycles. The Kier molecular flexibility index (Phi) is 4.84. The van der Waals surface area contributed by atoms with Crippen LogP contribution in [0.4, 0.5) is 17.6 Å². The van der Waals surface area contributed by atoms with Crippen molar-refractivity contribution in [1.82, 2.24) is 14.6 Å². The van der Waals surface area contributed by atoms with Gasteiger partial charge in [0, 0.05) is 11.1 Å². The number of fused-ring (bicyclic) bond motifs is 1. The van der Waals surface area contributed by atoms with E-state index in [0.29, 0.717) is 16.8 Å². The van der Waals surface area contributed by atoms with Crippen molar-refractivity contribution in [2.75, 3.05) is 0 Å². The Balaban J connectivity index is 2.08. The Labute approximate surface area is 171 Å². The van der Waals surface area contributed by atoms with Crippen LogP contribution in [0.2, 0.25) is 0 Å². The Morgan fingerprint density at radius 1 is 0.933 bits per heavy atom. The lowest BCUT2D eigenvalue weighted by molar-refractivity contribution is -0.144. The summed E-state index contributed by atoms with van der Waals surface area (Å²) in [6, 6.07) is 12.9. The molecule has 0 aliphatic heterocycles. The number of benzene rings is 2. The van der Waals surface area contributed by atoms with Crippen molar-refractivity contribution in [3.63, 3.8) is 0 Å². The molecule has 0 saturated heterocycles. The average Bonchev–Trinajstić information content (AvgIpc) is 3.15. The second-order valence-electron chi connectivity index (χ2n) is 7.24. The van der Waals surface area contributed by atoms with Crippen LogP contribution in [0.5, 0.6) is 0 Å². The van der Waals surface area contributed by atoms with Crippen molar-refractivity contribution in [3.8, 4) is 22.4 Å². The lowest BCUT2D eigenvalue weighted by Gasteiger charge is -2.16. The lowest BCUT2D eigenvalue weighted by Crippen LogP contribution is -2.08. The van der Waals surface area contributed by atoms with Crippen molar-refractivity contribution in [3.05, 3.63) is 76.9 Å². The molecule has 0 spiro atoms. The molecule has 30 heavy (non-hydrogen) atoms. The van der Waals surface area contributed by atoms with Gasteiger partial charge in [-0.3, -0.25) is 0 Å². The second kappa shape index (κ2) is 7.23. The van der Waals surface area contributed by atoms with E-state index in [-0.39, 0.29) is 11.5 Å². The third-order valence-corrected chi connectivity index (χ3v) is 5.34. The van der Waals surface area contributed by atoms with Gasteiger partial charge in [0.05, 0.1) is 5.69 Å². The molecular formula is C23H19F4N3. The zero-order chi connectivity index (χ0) is 21.6. The maximum Gasteiger partial charge on any atom is 0.453 e. The highest BCUT2D eigenvalue weighted by atomic mass is 19.4. The molecule has 3 nitrogen and oxygen atoms in total. The van der Waals surface area contributed by atoms with Crippen LogP contribution in [-0.2, 0) is 12.6 Å². The van der Waals surface area contributed by atoms with Crippen LogP contribution >= 0.6 is 0 Å². The highest BCUT2D eigenvalue weighted by Crippen LogP contribution is 2.36. The Morgan fingerprint density at radius 2 is 1.63 bits per heavy atom. The first-order valence-corrected chi connectivity index (χ1v) is 9.52. The largest absolute Gasteiger partial charge is 0.453 e. The molecule has 2 heterocycles. The molecule has 7 heteroatoms. The number of pyridine rings is 1. The highest BCUT2D eigenvalue weighted by molar-refractivity contribution is 5.83. The van der Waals surface area contributed by atoms with E-state index in [9.17, 15) is 17.6 Å². The van der Waals surface area contributed by atoms with Gasteiger partial charge in [0.15, 0.2) is 5.65 Å². The van der Waals surface area contributed by atoms with E-state index in [2.05, 4.69) is 10.1 Å². The molecule has 2 aromatic carbocycles. The Morgan fingerprint density at radius 3 is 2.27 bits per heavy atom. The molecule has 0 bridgehead atoms. The molecule has 0 fully saturated rings. The number of halogens is 4. The molecule has 0 amide bonds. The van der Waals surface area contributed by atoms with Crippen LogP contribution in [0.25, 0.3) is 28.0 Å². The fourth-order valence-corrected chi connectivity index (χ4v) is 3.64. The summed E-state index contributed by atoms with van der Waals surface area (Å²) in [6.07, 6.45) is -3.87. The maximum atomic E-state index is 13.5. The van der Waals surface area contributed by atoms with Crippen LogP contribution in [-0.4, -0.2) is 14.6 Å². The van der Waals surface area contributed by atoms with Gasteiger partial charge in [0.2, 0.25) is 0 Å². The van der Waals surface area contributed by atoms with Gasteiger partial charge in [0.25, 0.3) is 5.82 Å². The summed E-state index contributed by atoms with van der Waals surface area (Å²) >= 11 is 0. The predicted molar refractivity (Wildman–Crippen MR) is 108 cm³/mol. The number of hydrogen-bond donors (Lipinski definition) is 0. The van der Waals surface area contributed by atoms with Gasteiger partial charge in [-0.15, -0.1) is 5.10 Å². The van der Waals surface area contributed by atoms with Gasteiger partial charge < -0.3 is 0 Å². The van der Waals surface area contributed by atoms with Crippen molar-refractivity contribution in [2.45, 2.75) is 33.4 Å². The Hall–Kier alpha value is -3.22. The lowest BCUT2D eigenvalue weighted by atomic mass is 9.93. The molecule has 2 aromatic heterocycles. The molecule has 0 aliphatic rings. The van der Waals surface area contributed by atoms with E-state index in [1.54, 1.807) is 18.2 Å². The van der Waals surface area contributed by atoms with E-state index in [1.165, 1.54) is 22.7 Å². The van der Waals surface area contributed by atoms with Crippen molar-refractivity contribution in [1.29, 1.82) is 0 Å². The summed E-state index contributed by atoms with van der Waals surface area (Å²) in [4.78, 5) is 3.67. The second-order valence-corrected chi connectivity index (χ2v) is 7.24. The average molecular weight is 413 g/mol. The zero-order valence-corrected chi connectivity index (χ0v) is 16.7. The number of hydrogen-bond acceptors (Lipinski definition) is 2. The van der Waals surface area contributed by atoms with Gasteiger partial charge in [-0.05, 0) is 78.9 Å². The smallest absolute Gasteiger partial charge is 0.212 e. The van der Waals surface area contributed by atoms with Crippen molar-refractivity contribution in [2.24, 2.45) is 0 Å². The van der Waals surface area contributed by atoms with Gasteiger partial charge >= 0.3 is 6.18 Å². The fourth-order valence-electron chi connectivity index (χ4n) is 3.64. The van der Waals surface area contributed by atoms with Crippen LogP contribution in [0.1, 0.15) is 29.4 Å². The Bertz CT molecular complexity index is 1240. The van der Waals surface area contributed by atoms with Crippen LogP contribution in [0, 0.1) is 19.7 Å². The predicted octanol–water partition coefficient (Wildman–Crippen LogP) is 6.40. The minimum atomic E-state index is -4.66. The minimum absolute atomic E-state index is 0.0967. The molecule has 154 valence electrons. The first-order chi connectivity index (χ1) is 14.2. The SMILES string of the molecule is CCc1cc(-c2c(-c3ccc(F)cc3)ccc3nc(C(F)(F)F)nn23)cc(C)c1C. The molecule has 4 aromatic rings. The van der Waals surface area contributed by atoms with Crippen molar-refractivity contribution >= 4 is 5.65 Å². The van der Waals surface area contributed by atoms with Crippen LogP contribution in [0.3, 0.4) is 0 Å². The van der Waals surface area contributed by atoms with Gasteiger partial charge in [0.1, 0.15) is 5.82 Å². The van der Waals surface area contributed by atoms with Crippen LogP contribution < -0.4 is 0 Å². The number of alkyl halides is 3. The first-order valence-electron chi connectivity index (χ1n) is 9.52. The molecule has 4 rings (SSSR count). The summed E-state index contributed by atoms with van der Waals surface area (Å²) < 4.78 is 54.5. The summed E-state index contributed by atoms with van der Waals surface area (Å²) in [7, 11) is 0. The number of rotatable bonds is 3. The standard InChI is InChI=1S/C23H19F4N3/c1-4-15-12-17(11-13(2)14(15)3)21-19(16-5-7-18(24)8-6-16)9-10-20-28-22(23(25,26)27)29-30(20)21/h5-12H,4H2,1-3H3. The fraction of sp³-hybridized carbons (Fsp3) is 0.217. The quantitative estimate of drug-likeness (QED) is 0.364. The van der Waals surface area contributed by atoms with E-state index in [0.717, 1.165) is 28.7 Å². The van der Waals surface area contributed by atoms with E-state index >= 15 is 0 Å². The first kappa shape index (κ1) is 20.1. The minimum Gasteiger partial charge on any atom is -0.212 e. The molecule has 0 unspecified atom stereocenters. The highest BCUT2D eigenvalue weighted by Gasteiger charge is 2.36. The summed E-state index contributed by atoms with van der Waals surface area (Å²) in [5.41, 5.74) is 5.91. The maximum absolute atomic E-state index is 13.5. The van der Waals surface area contributed by atoms with Gasteiger partial charge in [-0.1, -0.05) is 19.1 Å². The molecule has 0 aliphatic carbocycles. The molecule has 0 radical (unpaired) electrons. The molecule has 0 atom stereocenters. The van der Waals surface area contributed by atoms with E-state index in [1.807, 2.05) is 32.9 Å². The molecule has 0 N–H and O–H groups in total. The summed E-state index contributed by atoms with van der Waals surface area (Å²) in [6.45, 7) is 6.03. The zero-order valence-electron chi connectivity index (χ0n) is 16.7. The third-order valence-electron chi connectivity index (χ3n) is 5.34. The van der Waals surface area contributed by atoms with Crippen LogP contribution in [0.15, 0.2) is 48.5 Å². The summed E-state index contributed by atoms with van der Waals surface area (Å²) in [5.74, 6) is -1.58. The van der Waals surface area contributed by atoms with Gasteiger partial charge in [-0.2, -0.15) is 13.2 Å². The summed E-state index contributed by atoms with van der Waals surface area (Å²) in [5, 5.41) is 3.78. The van der Waals surface area contributed by atoms with E-state index < -0.39 is 12.0 Å². The monoisotopic (exact) mass is 413 g/mol. The normalized spacial score (nSPS) is 12.0. The van der Waals surface area contributed by atoms with Gasteiger partial charge in [-0.25, -0.2) is 13.9 Å². The number of aryl methyl sites for hydroxylation is 2. The van der Waals surface area contributed by atoms with E-state index in [4.69, 9.17) is 0 Å². The molecular weight excluding hydrogens is 394 g/mol. The van der Waals surface area contributed by atoms with Crippen molar-refractivity contribution < 1.29 is 17.6 Å². The third kappa shape index (κ3) is 3.44. The number of aromatic nitrogens is 3. The topological polar surface area (TPSA) is 30.2 Å². The number of nitrogens with zero attached hydrogens (tertiary/aromatic N) is 3.